The fourth-order valence-corrected chi connectivity index (χ4v) is 59.6. The van der Waals surface area contributed by atoms with Crippen LogP contribution in [0.1, 0.15) is 159 Å². The molecule has 3 aromatic carbocycles. The molecular weight excluding hydrogens is 1610 g/mol. The van der Waals surface area contributed by atoms with Gasteiger partial charge in [0.2, 0.25) is 0 Å². The molecule has 1 aliphatic rings. The van der Waals surface area contributed by atoms with E-state index in [-0.39, 0.29) is 0 Å². The van der Waals surface area contributed by atoms with Gasteiger partial charge in [-0.3, -0.25) is 0 Å². The number of aryl methyl sites for hydroxylation is 5. The molecule has 1 fully saturated rings. The van der Waals surface area contributed by atoms with Crippen LogP contribution in [-0.4, -0.2) is 76.2 Å². The van der Waals surface area contributed by atoms with E-state index in [1.807, 2.05) is 17.9 Å². The summed E-state index contributed by atoms with van der Waals surface area (Å²) in [5.41, 5.74) is 18.0. The second kappa shape index (κ2) is 37.6. The molecule has 1 aliphatic heterocycles. The molecule has 0 atom stereocenters. The third-order valence-electron chi connectivity index (χ3n) is 17.4. The van der Waals surface area contributed by atoms with Crippen LogP contribution < -0.4 is 5.79 Å². The summed E-state index contributed by atoms with van der Waals surface area (Å²) >= 11 is 15.7. The topological polar surface area (TPSA) is 86.6 Å². The molecule has 19 heteroatoms. The van der Waals surface area contributed by atoms with Gasteiger partial charge in [-0.1, -0.05) is 12.1 Å². The summed E-state index contributed by atoms with van der Waals surface area (Å²) in [4.78, 5) is 5.35. The van der Waals surface area contributed by atoms with Crippen molar-refractivity contribution in [2.75, 3.05) is 13.2 Å². The van der Waals surface area contributed by atoms with Crippen LogP contribution in [0.3, 0.4) is 0 Å². The number of nitrogens with zero attached hydrogens (tertiary/aromatic N) is 6. The SMILES string of the molecule is Brc1ccc(Br)c2nsnc12.C1CCOC1.CCC[CH2][Sn]([CH2]CCC)([CH2]CCC)[c]1cc(C)c(-c2ccc(-c3sccc3C)c3nsnc23)s1.CCC[CH2][Sn]([CH2]CCC)([CH2]CCC)[c]1sccc1C.Cc1ccsc1-c1ccc(-c2sccc2C)c2nsnc12. The molecule has 0 bridgehead atoms. The molecule has 90 heavy (non-hydrogen) atoms. The average Bonchev–Trinajstić information content (AvgIpc) is 1.62. The molecule has 0 radical (unpaired) electrons. The maximum atomic E-state index is 4.94. The molecule has 11 aromatic rings. The van der Waals surface area contributed by atoms with Gasteiger partial charge in [-0.2, -0.15) is 17.5 Å². The first-order valence-corrected chi connectivity index (χ1v) is 55.8. The van der Waals surface area contributed by atoms with E-state index in [1.165, 1.54) is 202 Å². The van der Waals surface area contributed by atoms with Crippen LogP contribution in [0.25, 0.3) is 74.9 Å². The molecule has 9 heterocycles. The van der Waals surface area contributed by atoms with Crippen molar-refractivity contribution in [3.05, 3.63) is 125 Å². The van der Waals surface area contributed by atoms with Crippen LogP contribution in [0.15, 0.2) is 97.2 Å². The summed E-state index contributed by atoms with van der Waals surface area (Å²) in [7, 11) is 0. The van der Waals surface area contributed by atoms with Crippen molar-refractivity contribution in [1.29, 1.82) is 0 Å². The van der Waals surface area contributed by atoms with E-state index >= 15 is 0 Å². The molecule has 8 aromatic heterocycles. The summed E-state index contributed by atoms with van der Waals surface area (Å²) in [6.07, 6.45) is 19.3. The zero-order valence-corrected chi connectivity index (χ0v) is 70.2. The van der Waals surface area contributed by atoms with Gasteiger partial charge in [0.25, 0.3) is 0 Å². The third kappa shape index (κ3) is 18.8. The number of benzene rings is 3. The second-order valence-corrected chi connectivity index (χ2v) is 60.3. The Labute approximate surface area is 595 Å². The number of rotatable bonds is 24. The van der Waals surface area contributed by atoms with E-state index in [0.717, 1.165) is 55.3 Å². The minimum atomic E-state index is -2.44. The minimum Gasteiger partial charge on any atom is -0.172 e. The molecule has 12 rings (SSSR count). The molecule has 1 saturated heterocycles. The number of unbranched alkanes of at least 4 members (excludes halogenated alkanes) is 6. The first kappa shape index (κ1) is 73.9. The molecule has 0 spiro atoms. The van der Waals surface area contributed by atoms with Gasteiger partial charge in [0.1, 0.15) is 22.1 Å². The summed E-state index contributed by atoms with van der Waals surface area (Å²) in [5, 5.41) is 8.79. The van der Waals surface area contributed by atoms with Gasteiger partial charge < -0.3 is 4.74 Å². The van der Waals surface area contributed by atoms with Gasteiger partial charge in [0.15, 0.2) is 0 Å². The normalized spacial score (nSPS) is 12.4. The maximum absolute atomic E-state index is 4.94. The van der Waals surface area contributed by atoms with E-state index in [4.69, 9.17) is 13.5 Å². The Bertz CT molecular complexity index is 3760. The van der Waals surface area contributed by atoms with Crippen molar-refractivity contribution in [2.24, 2.45) is 0 Å². The molecule has 0 N–H and O–H groups in total. The molecule has 7 nitrogen and oxygen atoms in total. The minimum absolute atomic E-state index is 0.921. The van der Waals surface area contributed by atoms with Gasteiger partial charge in [0, 0.05) is 43.0 Å². The van der Waals surface area contributed by atoms with Gasteiger partial charge in [-0.15, -0.1) is 22.7 Å². The molecule has 482 valence electrons. The zero-order valence-electron chi connectivity index (χ0n) is 54.8. The number of aromatic nitrogens is 6. The molecule has 0 amide bonds. The number of fused-ring (bicyclic) bond motifs is 3. The van der Waals surface area contributed by atoms with Gasteiger partial charge in [0.05, 0.1) is 23.5 Å². The van der Waals surface area contributed by atoms with Crippen LogP contribution in [0.4, 0.5) is 0 Å². The fraction of sp³-hybridized carbons (Fsp3) is 0.465. The van der Waals surface area contributed by atoms with Crippen molar-refractivity contribution in [3.63, 3.8) is 0 Å². The van der Waals surface area contributed by atoms with E-state index in [1.54, 1.807) is 52.9 Å². The van der Waals surface area contributed by atoms with Gasteiger partial charge in [-0.25, -0.2) is 0 Å². The van der Waals surface area contributed by atoms with Gasteiger partial charge >= 0.3 is 353 Å². The zero-order chi connectivity index (χ0) is 64.0. The predicted octanol–water partition coefficient (Wildman–Crippen LogP) is 25.7. The second-order valence-electron chi connectivity index (χ2n) is 24.1. The van der Waals surface area contributed by atoms with Crippen LogP contribution in [0.2, 0.25) is 26.6 Å². The Morgan fingerprint density at radius 2 is 0.700 bits per heavy atom. The van der Waals surface area contributed by atoms with Crippen molar-refractivity contribution in [1.82, 2.24) is 26.2 Å². The quantitative estimate of drug-likeness (QED) is 0.0557. The Kier molecular flexibility index (Phi) is 30.9. The average molecular weight is 1700 g/mol. The Hall–Kier alpha value is -1.86. The largest absolute Gasteiger partial charge is 0.172 e. The number of hydrogen-bond donors (Lipinski definition) is 0. The van der Waals surface area contributed by atoms with Crippen LogP contribution in [-0.2, 0) is 4.74 Å². The predicted molar refractivity (Wildman–Crippen MR) is 418 cm³/mol. The third-order valence-corrected chi connectivity index (χ3v) is 62.7. The monoisotopic (exact) mass is 1700 g/mol. The van der Waals surface area contributed by atoms with Crippen molar-refractivity contribution in [2.45, 2.75) is 193 Å². The van der Waals surface area contributed by atoms with Crippen LogP contribution in [0.5, 0.6) is 0 Å². The van der Waals surface area contributed by atoms with E-state index in [0.29, 0.717) is 0 Å². The van der Waals surface area contributed by atoms with Gasteiger partial charge in [-0.05, 0) is 105 Å². The number of ether oxygens (including phenoxy) is 1. The molecule has 0 aliphatic carbocycles. The Balaban J connectivity index is 0.000000160. The summed E-state index contributed by atoms with van der Waals surface area (Å²) in [5.74, 6) is 0. The van der Waals surface area contributed by atoms with Crippen molar-refractivity contribution >= 4 is 199 Å². The number of hydrogen-bond acceptors (Lipinski definition) is 15. The Morgan fingerprint density at radius 3 is 1.00 bits per heavy atom. The molecule has 0 saturated carbocycles. The van der Waals surface area contributed by atoms with E-state index < -0.39 is 36.8 Å². The number of halogens is 2. The smallest absolute Gasteiger partial charge is 0.114 e. The van der Waals surface area contributed by atoms with Crippen LogP contribution in [0, 0.1) is 34.6 Å². The number of thiophene rings is 5. The van der Waals surface area contributed by atoms with Crippen LogP contribution >= 0.6 is 124 Å². The first-order valence-electron chi connectivity index (χ1n) is 32.7. The van der Waals surface area contributed by atoms with Crippen molar-refractivity contribution < 1.29 is 4.74 Å². The summed E-state index contributed by atoms with van der Waals surface area (Å²) in [6.45, 7) is 27.3. The molecule has 0 unspecified atom stereocenters. The fourth-order valence-electron chi connectivity index (χ4n) is 12.2. The molecular formula is C71H92Br2N6OS8Sn2. The van der Waals surface area contributed by atoms with E-state index in [9.17, 15) is 0 Å². The van der Waals surface area contributed by atoms with Crippen molar-refractivity contribution in [3.8, 4) is 41.8 Å². The maximum Gasteiger partial charge on any atom is 0.114 e. The summed E-state index contributed by atoms with van der Waals surface area (Å²) < 4.78 is 47.0. The first-order chi connectivity index (χ1) is 43.8. The standard InChI is InChI=1S/C16H12N2S3.C16H11N2S3.C6H2Br2N2S.C5H5S.C4H8O.6C4H9.2Sn/c2*1-9-5-7-19-15(9)11-3-4-12(14-13(11)17-21-18-14)16-10(2)6-8-20-16;7-3-1-2-4(8)6-5(3)9-11-10-6;1-5-2-3-6-4-5;1-2-4-5-3-1;6*1-3-4-2;;/h3-8H,1-2H3;3-7H,1-2H3;1-2H;2-3H,1H3;1-4H2;6*1,3-4H2,2H3;;. The summed E-state index contributed by atoms with van der Waals surface area (Å²) in [6, 6.07) is 24.4. The van der Waals surface area contributed by atoms with E-state index in [2.05, 4.69) is 224 Å². The Morgan fingerprint density at radius 1 is 0.378 bits per heavy atom.